The minimum Gasteiger partial charge on any atom is -0.367 e. The number of rotatable bonds is 5. The summed E-state index contributed by atoms with van der Waals surface area (Å²) in [5.41, 5.74) is 1.80. The van der Waals surface area contributed by atoms with Crippen LogP contribution < -0.4 is 5.32 Å². The van der Waals surface area contributed by atoms with Gasteiger partial charge >= 0.3 is 0 Å². The molecule has 6 nitrogen and oxygen atoms in total. The number of sulfone groups is 1. The van der Waals surface area contributed by atoms with E-state index in [1.807, 2.05) is 6.92 Å². The van der Waals surface area contributed by atoms with Gasteiger partial charge in [0, 0.05) is 18.2 Å². The molecular formula is C13H18N4O2S. The molecule has 7 heteroatoms. The molecule has 0 radical (unpaired) electrons. The quantitative estimate of drug-likeness (QED) is 0.876. The summed E-state index contributed by atoms with van der Waals surface area (Å²) in [7, 11) is -3.00. The van der Waals surface area contributed by atoms with E-state index in [0.29, 0.717) is 17.9 Å². The van der Waals surface area contributed by atoms with Gasteiger partial charge in [-0.15, -0.1) is 5.10 Å². The van der Waals surface area contributed by atoms with E-state index >= 15 is 0 Å². The highest BCUT2D eigenvalue weighted by atomic mass is 32.2. The van der Waals surface area contributed by atoms with Crippen molar-refractivity contribution >= 4 is 15.7 Å². The standard InChI is InChI=1S/C13H18N4O2S/c1-9-10(2)16-17-12(11(9)6-14)15-7-13(4-5-13)8-20(3,18)19/h4-5,7-8H2,1-3H3,(H,15,17). The summed E-state index contributed by atoms with van der Waals surface area (Å²) in [6.07, 6.45) is 3.02. The second kappa shape index (κ2) is 5.02. The van der Waals surface area contributed by atoms with Crippen LogP contribution in [0.4, 0.5) is 5.82 Å². The molecule has 0 aromatic carbocycles. The smallest absolute Gasteiger partial charge is 0.166 e. The Morgan fingerprint density at radius 2 is 2.00 bits per heavy atom. The highest BCUT2D eigenvalue weighted by molar-refractivity contribution is 7.90. The molecule has 1 aromatic rings. The van der Waals surface area contributed by atoms with Crippen molar-refractivity contribution in [1.82, 2.24) is 10.2 Å². The van der Waals surface area contributed by atoms with Crippen molar-refractivity contribution in [3.8, 4) is 6.07 Å². The van der Waals surface area contributed by atoms with Gasteiger partial charge in [0.15, 0.2) is 5.82 Å². The summed E-state index contributed by atoms with van der Waals surface area (Å²) in [5.74, 6) is 0.614. The molecule has 0 amide bonds. The summed E-state index contributed by atoms with van der Waals surface area (Å²) in [6, 6.07) is 2.13. The Morgan fingerprint density at radius 1 is 1.35 bits per heavy atom. The van der Waals surface area contributed by atoms with Crippen LogP contribution in [0, 0.1) is 30.6 Å². The molecule has 1 N–H and O–H groups in total. The van der Waals surface area contributed by atoms with Crippen molar-refractivity contribution in [3.05, 3.63) is 16.8 Å². The molecule has 0 saturated heterocycles. The molecule has 20 heavy (non-hydrogen) atoms. The normalized spacial score (nSPS) is 16.5. The molecular weight excluding hydrogens is 276 g/mol. The average Bonchev–Trinajstić information content (AvgIpc) is 3.08. The Morgan fingerprint density at radius 3 is 2.50 bits per heavy atom. The maximum Gasteiger partial charge on any atom is 0.166 e. The van der Waals surface area contributed by atoms with Crippen LogP contribution in [0.15, 0.2) is 0 Å². The zero-order chi connectivity index (χ0) is 15.0. The summed E-state index contributed by atoms with van der Waals surface area (Å²) < 4.78 is 22.8. The number of nitrogens with zero attached hydrogens (tertiary/aromatic N) is 3. The van der Waals surface area contributed by atoms with Crippen LogP contribution in [-0.4, -0.2) is 37.2 Å². The van der Waals surface area contributed by atoms with E-state index < -0.39 is 9.84 Å². The molecule has 2 rings (SSSR count). The van der Waals surface area contributed by atoms with Crippen LogP contribution in [0.1, 0.15) is 29.7 Å². The van der Waals surface area contributed by atoms with E-state index in [-0.39, 0.29) is 11.2 Å². The fourth-order valence-corrected chi connectivity index (χ4v) is 3.75. The molecule has 108 valence electrons. The zero-order valence-electron chi connectivity index (χ0n) is 11.9. The first-order chi connectivity index (χ1) is 9.26. The Labute approximate surface area is 119 Å². The Kier molecular flexibility index (Phi) is 3.69. The first-order valence-corrected chi connectivity index (χ1v) is 8.48. The van der Waals surface area contributed by atoms with E-state index in [4.69, 9.17) is 0 Å². The van der Waals surface area contributed by atoms with E-state index in [1.54, 1.807) is 6.92 Å². The van der Waals surface area contributed by atoms with Crippen molar-refractivity contribution in [2.75, 3.05) is 23.9 Å². The number of hydrogen-bond donors (Lipinski definition) is 1. The van der Waals surface area contributed by atoms with Crippen molar-refractivity contribution < 1.29 is 8.42 Å². The van der Waals surface area contributed by atoms with Crippen LogP contribution in [0.25, 0.3) is 0 Å². The molecule has 0 atom stereocenters. The highest BCUT2D eigenvalue weighted by Crippen LogP contribution is 2.46. The fourth-order valence-electron chi connectivity index (χ4n) is 2.25. The third-order valence-corrected chi connectivity index (χ3v) is 4.86. The number of hydrogen-bond acceptors (Lipinski definition) is 6. The van der Waals surface area contributed by atoms with Gasteiger partial charge in [-0.25, -0.2) is 8.42 Å². The largest absolute Gasteiger partial charge is 0.367 e. The molecule has 1 saturated carbocycles. The van der Waals surface area contributed by atoms with Crippen LogP contribution in [-0.2, 0) is 9.84 Å². The van der Waals surface area contributed by atoms with Crippen LogP contribution in [0.5, 0.6) is 0 Å². The van der Waals surface area contributed by atoms with Gasteiger partial charge in [0.2, 0.25) is 0 Å². The van der Waals surface area contributed by atoms with E-state index in [1.165, 1.54) is 6.26 Å². The van der Waals surface area contributed by atoms with Gasteiger partial charge in [-0.05, 0) is 32.3 Å². The second-order valence-corrected chi connectivity index (χ2v) is 7.81. The number of anilines is 1. The second-order valence-electron chi connectivity index (χ2n) is 5.67. The maximum atomic E-state index is 11.4. The molecule has 1 aromatic heterocycles. The topological polar surface area (TPSA) is 95.7 Å². The number of nitriles is 1. The Balaban J connectivity index is 2.13. The molecule has 0 aliphatic heterocycles. The third kappa shape index (κ3) is 3.25. The lowest BCUT2D eigenvalue weighted by atomic mass is 10.1. The lowest BCUT2D eigenvalue weighted by molar-refractivity contribution is 0.560. The lowest BCUT2D eigenvalue weighted by Crippen LogP contribution is -2.25. The van der Waals surface area contributed by atoms with Crippen molar-refractivity contribution in [2.45, 2.75) is 26.7 Å². The molecule has 0 spiro atoms. The van der Waals surface area contributed by atoms with Gasteiger partial charge in [-0.1, -0.05) is 0 Å². The molecule has 1 heterocycles. The van der Waals surface area contributed by atoms with Gasteiger partial charge in [0.05, 0.1) is 11.4 Å². The Bertz CT molecular complexity index is 672. The molecule has 0 unspecified atom stereocenters. The summed E-state index contributed by atoms with van der Waals surface area (Å²) in [5, 5.41) is 20.3. The number of aryl methyl sites for hydroxylation is 1. The Hall–Kier alpha value is -1.68. The summed E-state index contributed by atoms with van der Waals surface area (Å²) in [6.45, 7) is 4.14. The first kappa shape index (κ1) is 14.7. The van der Waals surface area contributed by atoms with Gasteiger partial charge < -0.3 is 5.32 Å². The van der Waals surface area contributed by atoms with Gasteiger partial charge in [0.1, 0.15) is 21.5 Å². The summed E-state index contributed by atoms with van der Waals surface area (Å²) >= 11 is 0. The molecule has 0 bridgehead atoms. The van der Waals surface area contributed by atoms with Gasteiger partial charge in [-0.3, -0.25) is 0 Å². The van der Waals surface area contributed by atoms with Crippen LogP contribution in [0.2, 0.25) is 0 Å². The molecule has 1 fully saturated rings. The highest BCUT2D eigenvalue weighted by Gasteiger charge is 2.45. The molecule has 1 aliphatic carbocycles. The number of nitrogens with one attached hydrogen (secondary N) is 1. The van der Waals surface area contributed by atoms with E-state index in [0.717, 1.165) is 24.1 Å². The maximum absolute atomic E-state index is 11.4. The predicted molar refractivity (Wildman–Crippen MR) is 76.1 cm³/mol. The fraction of sp³-hybridized carbons (Fsp3) is 0.615. The van der Waals surface area contributed by atoms with Crippen LogP contribution in [0.3, 0.4) is 0 Å². The van der Waals surface area contributed by atoms with Crippen molar-refractivity contribution in [1.29, 1.82) is 5.26 Å². The van der Waals surface area contributed by atoms with Gasteiger partial charge in [0.25, 0.3) is 0 Å². The van der Waals surface area contributed by atoms with Crippen molar-refractivity contribution in [2.24, 2.45) is 5.41 Å². The minimum absolute atomic E-state index is 0.174. The average molecular weight is 294 g/mol. The third-order valence-electron chi connectivity index (χ3n) is 3.72. The zero-order valence-corrected chi connectivity index (χ0v) is 12.7. The summed E-state index contributed by atoms with van der Waals surface area (Å²) in [4.78, 5) is 0. The van der Waals surface area contributed by atoms with Crippen molar-refractivity contribution in [3.63, 3.8) is 0 Å². The monoisotopic (exact) mass is 294 g/mol. The lowest BCUT2D eigenvalue weighted by Gasteiger charge is -2.16. The van der Waals surface area contributed by atoms with Gasteiger partial charge in [-0.2, -0.15) is 10.4 Å². The van der Waals surface area contributed by atoms with E-state index in [2.05, 4.69) is 21.6 Å². The SMILES string of the molecule is Cc1nnc(NCC2(CS(C)(=O)=O)CC2)c(C#N)c1C. The van der Waals surface area contributed by atoms with Crippen LogP contribution >= 0.6 is 0 Å². The molecule has 1 aliphatic rings. The minimum atomic E-state index is -3.00. The predicted octanol–water partition coefficient (Wildman–Crippen LogP) is 1.20. The first-order valence-electron chi connectivity index (χ1n) is 6.42. The van der Waals surface area contributed by atoms with E-state index in [9.17, 15) is 13.7 Å². The number of aromatic nitrogens is 2.